The predicted octanol–water partition coefficient (Wildman–Crippen LogP) is 3.66. The van der Waals surface area contributed by atoms with Crippen LogP contribution in [-0.2, 0) is 19.6 Å². The average molecular weight is 437 g/mol. The van der Waals surface area contributed by atoms with Crippen molar-refractivity contribution in [1.82, 2.24) is 10.2 Å². The van der Waals surface area contributed by atoms with E-state index in [4.69, 9.17) is 18.6 Å². The number of carbonyl (C=O) groups excluding carboxylic acids is 1. The Bertz CT molecular complexity index is 1050. The lowest BCUT2D eigenvalue weighted by atomic mass is 9.99. The second-order valence-corrected chi connectivity index (χ2v) is 7.63. The molecule has 7 heteroatoms. The number of nitrogens with one attached hydrogen (secondary N) is 1. The molecule has 2 heterocycles. The van der Waals surface area contributed by atoms with Gasteiger partial charge in [-0.05, 0) is 47.9 Å². The third-order valence-corrected chi connectivity index (χ3v) is 5.60. The highest BCUT2D eigenvalue weighted by molar-refractivity contribution is 5.92. The van der Waals surface area contributed by atoms with Crippen molar-refractivity contribution in [3.8, 4) is 17.2 Å². The van der Waals surface area contributed by atoms with Gasteiger partial charge < -0.3 is 23.9 Å². The topological polar surface area (TPSA) is 73.2 Å². The number of benzene rings is 2. The normalized spacial score (nSPS) is 13.3. The molecule has 0 bridgehead atoms. The molecule has 0 unspecified atom stereocenters. The molecule has 1 N–H and O–H groups in total. The van der Waals surface area contributed by atoms with Gasteiger partial charge >= 0.3 is 0 Å². The Morgan fingerprint density at radius 2 is 1.81 bits per heavy atom. The zero-order valence-electron chi connectivity index (χ0n) is 18.4. The summed E-state index contributed by atoms with van der Waals surface area (Å²) in [6.45, 7) is 3.28. The molecule has 3 aromatic rings. The highest BCUT2D eigenvalue weighted by atomic mass is 16.5. The van der Waals surface area contributed by atoms with Crippen molar-refractivity contribution in [3.05, 3.63) is 77.2 Å². The van der Waals surface area contributed by atoms with E-state index in [-0.39, 0.29) is 12.5 Å². The molecule has 1 amide bonds. The standard InChI is InChI=1S/C25H28N2O5/c1-29-22-14-18-8-11-27(16-20(18)15-23(22)30-2)12-10-26-25(28)24-19(9-13-31-24)17-32-21-6-4-3-5-7-21/h3-7,9,13-15H,8,10-12,16-17H2,1-2H3,(H,26,28). The van der Waals surface area contributed by atoms with Crippen LogP contribution < -0.4 is 19.5 Å². The molecule has 1 aliphatic heterocycles. The molecule has 1 aliphatic rings. The maximum atomic E-state index is 12.6. The molecule has 0 aliphatic carbocycles. The Kier molecular flexibility index (Phi) is 6.97. The van der Waals surface area contributed by atoms with Gasteiger partial charge in [-0.3, -0.25) is 9.69 Å². The first kappa shape index (κ1) is 21.8. The van der Waals surface area contributed by atoms with E-state index in [0.29, 0.717) is 12.3 Å². The largest absolute Gasteiger partial charge is 0.493 e. The van der Waals surface area contributed by atoms with Gasteiger partial charge in [-0.25, -0.2) is 0 Å². The number of ether oxygens (including phenoxy) is 3. The number of methoxy groups -OCH3 is 2. The van der Waals surface area contributed by atoms with Gasteiger partial charge in [-0.15, -0.1) is 0 Å². The Hall–Kier alpha value is -3.45. The first-order chi connectivity index (χ1) is 15.7. The Morgan fingerprint density at radius 3 is 2.56 bits per heavy atom. The van der Waals surface area contributed by atoms with E-state index >= 15 is 0 Å². The molecule has 0 fully saturated rings. The third kappa shape index (κ3) is 5.06. The number of amides is 1. The number of para-hydroxylation sites is 1. The van der Waals surface area contributed by atoms with E-state index in [1.54, 1.807) is 20.3 Å². The van der Waals surface area contributed by atoms with Crippen molar-refractivity contribution in [1.29, 1.82) is 0 Å². The molecule has 1 aromatic heterocycles. The van der Waals surface area contributed by atoms with Crippen LogP contribution in [0.1, 0.15) is 27.2 Å². The van der Waals surface area contributed by atoms with E-state index in [1.165, 1.54) is 17.4 Å². The molecular weight excluding hydrogens is 408 g/mol. The lowest BCUT2D eigenvalue weighted by Crippen LogP contribution is -2.38. The van der Waals surface area contributed by atoms with Gasteiger partial charge in [0.25, 0.3) is 5.91 Å². The van der Waals surface area contributed by atoms with Crippen LogP contribution in [0.5, 0.6) is 17.2 Å². The number of hydrogen-bond acceptors (Lipinski definition) is 6. The SMILES string of the molecule is COc1cc2c(cc1OC)CN(CCNC(=O)c1occc1COc1ccccc1)CC2. The van der Waals surface area contributed by atoms with Gasteiger partial charge in [-0.2, -0.15) is 0 Å². The van der Waals surface area contributed by atoms with Crippen LogP contribution in [0.2, 0.25) is 0 Å². The maximum absolute atomic E-state index is 12.6. The Morgan fingerprint density at radius 1 is 1.06 bits per heavy atom. The minimum atomic E-state index is -0.231. The highest BCUT2D eigenvalue weighted by Gasteiger charge is 2.20. The van der Waals surface area contributed by atoms with Crippen LogP contribution in [0.4, 0.5) is 0 Å². The second-order valence-electron chi connectivity index (χ2n) is 7.63. The summed E-state index contributed by atoms with van der Waals surface area (Å²) in [5.41, 5.74) is 3.23. The van der Waals surface area contributed by atoms with Gasteiger partial charge in [0.1, 0.15) is 12.4 Å². The molecule has 2 aromatic carbocycles. The predicted molar refractivity (Wildman–Crippen MR) is 120 cm³/mol. The molecular formula is C25H28N2O5. The number of fused-ring (bicyclic) bond motifs is 1. The molecule has 7 nitrogen and oxygen atoms in total. The first-order valence-corrected chi connectivity index (χ1v) is 10.7. The molecule has 4 rings (SSSR count). The van der Waals surface area contributed by atoms with Crippen LogP contribution in [0.25, 0.3) is 0 Å². The summed E-state index contributed by atoms with van der Waals surface area (Å²) in [5, 5.41) is 2.96. The van der Waals surface area contributed by atoms with Gasteiger partial charge in [0.15, 0.2) is 17.3 Å². The molecule has 0 spiro atoms. The van der Waals surface area contributed by atoms with Gasteiger partial charge in [-0.1, -0.05) is 18.2 Å². The summed E-state index contributed by atoms with van der Waals surface area (Å²) >= 11 is 0. The molecule has 0 atom stereocenters. The van der Waals surface area contributed by atoms with Gasteiger partial charge in [0.2, 0.25) is 0 Å². The smallest absolute Gasteiger partial charge is 0.287 e. The zero-order chi connectivity index (χ0) is 22.3. The summed E-state index contributed by atoms with van der Waals surface area (Å²) in [6, 6.07) is 15.4. The Balaban J connectivity index is 1.28. The lowest BCUT2D eigenvalue weighted by molar-refractivity contribution is 0.0916. The molecule has 32 heavy (non-hydrogen) atoms. The Labute approximate surface area is 187 Å². The average Bonchev–Trinajstić information content (AvgIpc) is 3.31. The minimum Gasteiger partial charge on any atom is -0.493 e. The summed E-state index contributed by atoms with van der Waals surface area (Å²) in [4.78, 5) is 14.9. The van der Waals surface area contributed by atoms with Crippen molar-refractivity contribution in [2.75, 3.05) is 33.9 Å². The van der Waals surface area contributed by atoms with E-state index < -0.39 is 0 Å². The van der Waals surface area contributed by atoms with Crippen molar-refractivity contribution in [2.24, 2.45) is 0 Å². The van der Waals surface area contributed by atoms with Crippen LogP contribution >= 0.6 is 0 Å². The summed E-state index contributed by atoms with van der Waals surface area (Å²) < 4.78 is 22.0. The van der Waals surface area contributed by atoms with Crippen LogP contribution in [0.3, 0.4) is 0 Å². The highest BCUT2D eigenvalue weighted by Crippen LogP contribution is 2.33. The summed E-state index contributed by atoms with van der Waals surface area (Å²) in [5.74, 6) is 2.31. The maximum Gasteiger partial charge on any atom is 0.287 e. The number of hydrogen-bond donors (Lipinski definition) is 1. The number of carbonyl (C=O) groups is 1. The minimum absolute atomic E-state index is 0.231. The van der Waals surface area contributed by atoms with E-state index in [9.17, 15) is 4.79 Å². The first-order valence-electron chi connectivity index (χ1n) is 10.7. The van der Waals surface area contributed by atoms with Crippen molar-refractivity contribution < 1.29 is 23.4 Å². The molecule has 0 saturated heterocycles. The van der Waals surface area contributed by atoms with Crippen LogP contribution in [-0.4, -0.2) is 44.7 Å². The number of nitrogens with zero attached hydrogens (tertiary/aromatic N) is 1. The summed E-state index contributed by atoms with van der Waals surface area (Å²) in [6.07, 6.45) is 2.45. The van der Waals surface area contributed by atoms with Crippen LogP contribution in [0.15, 0.2) is 59.2 Å². The number of furan rings is 1. The zero-order valence-corrected chi connectivity index (χ0v) is 18.4. The fourth-order valence-electron chi connectivity index (χ4n) is 3.87. The second kappa shape index (κ2) is 10.2. The molecule has 0 radical (unpaired) electrons. The third-order valence-electron chi connectivity index (χ3n) is 5.60. The van der Waals surface area contributed by atoms with Crippen molar-refractivity contribution >= 4 is 5.91 Å². The number of rotatable bonds is 9. The summed E-state index contributed by atoms with van der Waals surface area (Å²) in [7, 11) is 3.30. The van der Waals surface area contributed by atoms with E-state index in [0.717, 1.165) is 48.9 Å². The quantitative estimate of drug-likeness (QED) is 0.552. The van der Waals surface area contributed by atoms with Gasteiger partial charge in [0, 0.05) is 31.7 Å². The fraction of sp³-hybridized carbons (Fsp3) is 0.320. The van der Waals surface area contributed by atoms with Gasteiger partial charge in [0.05, 0.1) is 20.5 Å². The van der Waals surface area contributed by atoms with Crippen LogP contribution in [0, 0.1) is 0 Å². The van der Waals surface area contributed by atoms with Crippen molar-refractivity contribution in [3.63, 3.8) is 0 Å². The van der Waals surface area contributed by atoms with E-state index in [2.05, 4.69) is 16.3 Å². The lowest BCUT2D eigenvalue weighted by Gasteiger charge is -2.29. The van der Waals surface area contributed by atoms with Crippen molar-refractivity contribution in [2.45, 2.75) is 19.6 Å². The molecule has 0 saturated carbocycles. The fourth-order valence-corrected chi connectivity index (χ4v) is 3.87. The monoisotopic (exact) mass is 436 g/mol. The molecule has 168 valence electrons. The van der Waals surface area contributed by atoms with E-state index in [1.807, 2.05) is 36.4 Å².